The molecule has 3 aliphatic heterocycles. The van der Waals surface area contributed by atoms with Crippen molar-refractivity contribution in [1.82, 2.24) is 10.0 Å². The number of hydrazine groups is 1. The fourth-order valence-electron chi connectivity index (χ4n) is 4.64. The van der Waals surface area contributed by atoms with E-state index >= 15 is 0 Å². The molecule has 3 fully saturated rings. The molecule has 27 heavy (non-hydrogen) atoms. The lowest BCUT2D eigenvalue weighted by molar-refractivity contribution is -0.126. The van der Waals surface area contributed by atoms with Gasteiger partial charge in [0, 0.05) is 13.1 Å². The predicted octanol–water partition coefficient (Wildman–Crippen LogP) is 3.53. The number of anilines is 1. The summed E-state index contributed by atoms with van der Waals surface area (Å²) in [4.78, 5) is 27.9. The van der Waals surface area contributed by atoms with Gasteiger partial charge in [-0.05, 0) is 30.2 Å². The van der Waals surface area contributed by atoms with Crippen LogP contribution in [-0.4, -0.2) is 41.0 Å². The molecule has 3 atom stereocenters. The van der Waals surface area contributed by atoms with E-state index in [9.17, 15) is 9.59 Å². The van der Waals surface area contributed by atoms with Gasteiger partial charge >= 0.3 is 0 Å². The van der Waals surface area contributed by atoms with Crippen molar-refractivity contribution in [3.8, 4) is 0 Å². The van der Waals surface area contributed by atoms with Crippen LogP contribution in [-0.2, 0) is 9.59 Å². The molecule has 0 bridgehead atoms. The smallest absolute Gasteiger partial charge is 0.253 e. The van der Waals surface area contributed by atoms with Gasteiger partial charge < -0.3 is 0 Å². The molecule has 0 unspecified atom stereocenters. The number of imide groups is 1. The number of carbonyl (C=O) groups excluding carboxylic acids is 2. The lowest BCUT2D eigenvalue weighted by Crippen LogP contribution is -2.44. The van der Waals surface area contributed by atoms with Crippen LogP contribution in [0.25, 0.3) is 0 Å². The lowest BCUT2D eigenvalue weighted by atomic mass is 9.90. The molecule has 2 aromatic rings. The molecule has 3 heterocycles. The van der Waals surface area contributed by atoms with Crippen LogP contribution in [0.2, 0.25) is 10.0 Å². The van der Waals surface area contributed by atoms with Crippen LogP contribution >= 0.6 is 23.2 Å². The molecule has 3 saturated heterocycles. The average molecular weight is 402 g/mol. The van der Waals surface area contributed by atoms with Crippen molar-refractivity contribution >= 4 is 40.7 Å². The second kappa shape index (κ2) is 6.31. The molecule has 0 saturated carbocycles. The van der Waals surface area contributed by atoms with Gasteiger partial charge in [0.05, 0.1) is 27.7 Å². The fraction of sp³-hybridized carbons (Fsp3) is 0.300. The number of hydrogen-bond donors (Lipinski definition) is 0. The Morgan fingerprint density at radius 2 is 1.52 bits per heavy atom. The summed E-state index contributed by atoms with van der Waals surface area (Å²) in [5.41, 5.74) is 1.54. The summed E-state index contributed by atoms with van der Waals surface area (Å²) in [7, 11) is 0. The van der Waals surface area contributed by atoms with Crippen molar-refractivity contribution in [2.24, 2.45) is 5.92 Å². The van der Waals surface area contributed by atoms with Gasteiger partial charge in [0.15, 0.2) is 0 Å². The topological polar surface area (TPSA) is 43.9 Å². The van der Waals surface area contributed by atoms with Crippen molar-refractivity contribution in [3.05, 3.63) is 64.1 Å². The summed E-state index contributed by atoms with van der Waals surface area (Å²) in [5.74, 6) is -0.782. The van der Waals surface area contributed by atoms with E-state index in [2.05, 4.69) is 10.0 Å². The third-order valence-electron chi connectivity index (χ3n) is 5.71. The number of hydrogen-bond acceptors (Lipinski definition) is 4. The first-order valence-electron chi connectivity index (χ1n) is 8.99. The Labute approximate surface area is 167 Å². The number of fused-ring (bicyclic) bond motifs is 3. The van der Waals surface area contributed by atoms with E-state index in [1.54, 1.807) is 18.2 Å². The number of nitrogens with zero attached hydrogens (tertiary/aromatic N) is 3. The molecule has 2 aromatic carbocycles. The number of benzene rings is 2. The molecule has 0 aromatic heterocycles. The Kier molecular flexibility index (Phi) is 4.02. The molecule has 3 aliphatic rings. The lowest BCUT2D eigenvalue weighted by Gasteiger charge is -2.29. The van der Waals surface area contributed by atoms with E-state index in [1.807, 2.05) is 30.3 Å². The predicted molar refractivity (Wildman–Crippen MR) is 103 cm³/mol. The van der Waals surface area contributed by atoms with Crippen LogP contribution in [0.3, 0.4) is 0 Å². The highest BCUT2D eigenvalue weighted by Crippen LogP contribution is 2.49. The summed E-state index contributed by atoms with van der Waals surface area (Å²) < 4.78 is 0. The Morgan fingerprint density at radius 3 is 2.22 bits per heavy atom. The van der Waals surface area contributed by atoms with Crippen LogP contribution in [0.1, 0.15) is 18.0 Å². The van der Waals surface area contributed by atoms with Gasteiger partial charge in [0.25, 0.3) is 5.91 Å². The average Bonchev–Trinajstić information content (AvgIpc) is 3.31. The second-order valence-corrected chi connectivity index (χ2v) is 7.93. The highest BCUT2D eigenvalue weighted by Gasteiger charge is 2.62. The maximum absolute atomic E-state index is 13.4. The van der Waals surface area contributed by atoms with Crippen LogP contribution in [0.15, 0.2) is 48.5 Å². The van der Waals surface area contributed by atoms with Crippen LogP contribution in [0.5, 0.6) is 0 Å². The molecular weight excluding hydrogens is 385 g/mol. The molecule has 0 spiro atoms. The van der Waals surface area contributed by atoms with E-state index in [0.717, 1.165) is 25.1 Å². The van der Waals surface area contributed by atoms with Crippen molar-refractivity contribution in [2.75, 3.05) is 18.0 Å². The second-order valence-electron chi connectivity index (χ2n) is 7.12. The molecule has 5 rings (SSSR count). The van der Waals surface area contributed by atoms with Gasteiger partial charge in [-0.15, -0.1) is 0 Å². The third-order valence-corrected chi connectivity index (χ3v) is 6.45. The van der Waals surface area contributed by atoms with E-state index in [0.29, 0.717) is 15.7 Å². The quantitative estimate of drug-likeness (QED) is 0.721. The van der Waals surface area contributed by atoms with Gasteiger partial charge in [-0.1, -0.05) is 53.5 Å². The zero-order valence-electron chi connectivity index (χ0n) is 14.4. The van der Waals surface area contributed by atoms with Crippen molar-refractivity contribution in [2.45, 2.75) is 18.5 Å². The summed E-state index contributed by atoms with van der Waals surface area (Å²) in [6.07, 6.45) is 0.987. The minimum absolute atomic E-state index is 0.122. The fourth-order valence-corrected chi connectivity index (χ4v) is 4.93. The molecule has 138 valence electrons. The Morgan fingerprint density at radius 1 is 0.815 bits per heavy atom. The van der Waals surface area contributed by atoms with Gasteiger partial charge in [0.2, 0.25) is 5.91 Å². The molecule has 5 nitrogen and oxygen atoms in total. The Bertz CT molecular complexity index is 936. The van der Waals surface area contributed by atoms with E-state index in [1.165, 1.54) is 4.90 Å². The SMILES string of the molecule is O=C1[C@H]2[C@@H](C(=O)N1c1ccc(Cl)c(Cl)c1)N1CCCN1[C@@H]2c1ccccc1. The molecular formula is C20H17Cl2N3O2. The van der Waals surface area contributed by atoms with Gasteiger partial charge in [-0.2, -0.15) is 0 Å². The first kappa shape index (κ1) is 17.2. The van der Waals surface area contributed by atoms with Gasteiger partial charge in [-0.3, -0.25) is 9.59 Å². The molecule has 0 N–H and O–H groups in total. The highest BCUT2D eigenvalue weighted by molar-refractivity contribution is 6.42. The van der Waals surface area contributed by atoms with Crippen molar-refractivity contribution < 1.29 is 9.59 Å². The minimum Gasteiger partial charge on any atom is -0.274 e. The van der Waals surface area contributed by atoms with Crippen molar-refractivity contribution in [1.29, 1.82) is 0 Å². The Hall–Kier alpha value is -1.92. The summed E-state index contributed by atoms with van der Waals surface area (Å²) in [6, 6.07) is 14.3. The number of amides is 2. The number of halogens is 2. The normalized spacial score (nSPS) is 28.1. The van der Waals surface area contributed by atoms with E-state index < -0.39 is 12.0 Å². The Balaban J connectivity index is 1.59. The molecule has 0 radical (unpaired) electrons. The highest BCUT2D eigenvalue weighted by atomic mass is 35.5. The molecule has 0 aliphatic carbocycles. The largest absolute Gasteiger partial charge is 0.274 e. The third kappa shape index (κ3) is 2.46. The molecule has 2 amide bonds. The summed E-state index contributed by atoms with van der Waals surface area (Å²) >= 11 is 12.1. The zero-order chi connectivity index (χ0) is 18.7. The van der Waals surface area contributed by atoms with Gasteiger partial charge in [-0.25, -0.2) is 14.9 Å². The van der Waals surface area contributed by atoms with E-state index in [4.69, 9.17) is 23.2 Å². The summed E-state index contributed by atoms with van der Waals surface area (Å²) in [6.45, 7) is 1.65. The maximum atomic E-state index is 13.4. The number of rotatable bonds is 2. The monoisotopic (exact) mass is 401 g/mol. The van der Waals surface area contributed by atoms with Crippen LogP contribution in [0, 0.1) is 5.92 Å². The first-order valence-corrected chi connectivity index (χ1v) is 9.74. The van der Waals surface area contributed by atoms with Gasteiger partial charge in [0.1, 0.15) is 6.04 Å². The van der Waals surface area contributed by atoms with E-state index in [-0.39, 0.29) is 17.9 Å². The molecule has 7 heteroatoms. The van der Waals surface area contributed by atoms with Crippen molar-refractivity contribution in [3.63, 3.8) is 0 Å². The van der Waals surface area contributed by atoms with Crippen LogP contribution in [0.4, 0.5) is 5.69 Å². The number of carbonyl (C=O) groups is 2. The summed E-state index contributed by atoms with van der Waals surface area (Å²) in [5, 5.41) is 5.01. The first-order chi connectivity index (χ1) is 13.1. The zero-order valence-corrected chi connectivity index (χ0v) is 15.9. The maximum Gasteiger partial charge on any atom is 0.253 e. The van der Waals surface area contributed by atoms with Crippen LogP contribution < -0.4 is 4.90 Å². The minimum atomic E-state index is -0.459. The standard InChI is InChI=1S/C20H17Cl2N3O2/c21-14-8-7-13(11-15(14)22)25-19(26)16-17(12-5-2-1-3-6-12)23-9-4-10-24(23)18(16)20(25)27/h1-3,5-8,11,16-18H,4,9-10H2/t16-,17-,18+/m1/s1.